The van der Waals surface area contributed by atoms with Crippen LogP contribution in [-0.2, 0) is 10.0 Å². The predicted octanol–water partition coefficient (Wildman–Crippen LogP) is 2.84. The molecule has 0 saturated carbocycles. The SMILES string of the molecule is COc1cc(NS(=O)(=O)c2ccccc2Br)ccc1N. The van der Waals surface area contributed by atoms with Crippen molar-refractivity contribution in [3.8, 4) is 5.75 Å². The van der Waals surface area contributed by atoms with Crippen LogP contribution in [-0.4, -0.2) is 15.5 Å². The number of ether oxygens (including phenoxy) is 1. The lowest BCUT2D eigenvalue weighted by molar-refractivity contribution is 0.417. The maximum Gasteiger partial charge on any atom is 0.263 e. The number of nitrogen functional groups attached to an aromatic ring is 1. The number of halogens is 1. The molecule has 0 atom stereocenters. The average Bonchev–Trinajstić information content (AvgIpc) is 2.41. The van der Waals surface area contributed by atoms with Crippen molar-refractivity contribution in [3.63, 3.8) is 0 Å². The van der Waals surface area contributed by atoms with E-state index in [0.717, 1.165) is 0 Å². The highest BCUT2D eigenvalue weighted by Crippen LogP contribution is 2.28. The Morgan fingerprint density at radius 1 is 1.20 bits per heavy atom. The van der Waals surface area contributed by atoms with Crippen molar-refractivity contribution in [2.24, 2.45) is 0 Å². The lowest BCUT2D eigenvalue weighted by Crippen LogP contribution is -2.13. The van der Waals surface area contributed by atoms with Gasteiger partial charge in [-0.3, -0.25) is 4.72 Å². The molecule has 2 aromatic carbocycles. The number of nitrogens with two attached hydrogens (primary N) is 1. The Labute approximate surface area is 125 Å². The van der Waals surface area contributed by atoms with Gasteiger partial charge >= 0.3 is 0 Å². The van der Waals surface area contributed by atoms with Crippen LogP contribution in [0.2, 0.25) is 0 Å². The molecule has 3 N–H and O–H groups in total. The van der Waals surface area contributed by atoms with Gasteiger partial charge in [0.25, 0.3) is 10.0 Å². The summed E-state index contributed by atoms with van der Waals surface area (Å²) in [6.45, 7) is 0. The van der Waals surface area contributed by atoms with Crippen molar-refractivity contribution in [2.45, 2.75) is 4.90 Å². The van der Waals surface area contributed by atoms with E-state index in [-0.39, 0.29) is 4.90 Å². The first-order chi connectivity index (χ1) is 9.44. The first-order valence-corrected chi connectivity index (χ1v) is 7.92. The molecule has 5 nitrogen and oxygen atoms in total. The van der Waals surface area contributed by atoms with Gasteiger partial charge in [0.05, 0.1) is 18.5 Å². The second-order valence-electron chi connectivity index (χ2n) is 3.99. The van der Waals surface area contributed by atoms with Crippen molar-refractivity contribution < 1.29 is 13.2 Å². The zero-order valence-corrected chi connectivity index (χ0v) is 13.0. The van der Waals surface area contributed by atoms with Gasteiger partial charge in [-0.05, 0) is 40.2 Å². The van der Waals surface area contributed by atoms with E-state index in [4.69, 9.17) is 10.5 Å². The lowest BCUT2D eigenvalue weighted by Gasteiger charge is -2.11. The first-order valence-electron chi connectivity index (χ1n) is 5.65. The molecule has 20 heavy (non-hydrogen) atoms. The van der Waals surface area contributed by atoms with Crippen LogP contribution in [0.4, 0.5) is 11.4 Å². The third-order valence-corrected chi connectivity index (χ3v) is 5.01. The number of nitrogens with one attached hydrogen (secondary N) is 1. The molecule has 0 radical (unpaired) electrons. The van der Waals surface area contributed by atoms with Gasteiger partial charge in [0, 0.05) is 10.5 Å². The highest BCUT2D eigenvalue weighted by Gasteiger charge is 2.17. The molecule has 0 spiro atoms. The number of methoxy groups -OCH3 is 1. The average molecular weight is 357 g/mol. The zero-order valence-electron chi connectivity index (χ0n) is 10.6. The minimum atomic E-state index is -3.68. The number of hydrogen-bond acceptors (Lipinski definition) is 4. The van der Waals surface area contributed by atoms with E-state index < -0.39 is 10.0 Å². The Morgan fingerprint density at radius 3 is 2.55 bits per heavy atom. The van der Waals surface area contributed by atoms with E-state index in [1.54, 1.807) is 30.3 Å². The Balaban J connectivity index is 2.36. The summed E-state index contributed by atoms with van der Waals surface area (Å²) >= 11 is 3.22. The van der Waals surface area contributed by atoms with Gasteiger partial charge in [0.1, 0.15) is 10.6 Å². The van der Waals surface area contributed by atoms with Crippen LogP contribution in [0, 0.1) is 0 Å². The van der Waals surface area contributed by atoms with E-state index in [9.17, 15) is 8.42 Å². The third kappa shape index (κ3) is 3.05. The monoisotopic (exact) mass is 356 g/mol. The molecule has 0 aliphatic heterocycles. The van der Waals surface area contributed by atoms with Crippen LogP contribution >= 0.6 is 15.9 Å². The standard InChI is InChI=1S/C13H13BrN2O3S/c1-19-12-8-9(6-7-11(12)15)16-20(17,18)13-5-3-2-4-10(13)14/h2-8,16H,15H2,1H3. The fourth-order valence-electron chi connectivity index (χ4n) is 1.65. The van der Waals surface area contributed by atoms with Gasteiger partial charge in [-0.25, -0.2) is 8.42 Å². The summed E-state index contributed by atoms with van der Waals surface area (Å²) in [5, 5.41) is 0. The second-order valence-corrected chi connectivity index (χ2v) is 6.50. The van der Waals surface area contributed by atoms with Crippen LogP contribution in [0.25, 0.3) is 0 Å². The highest BCUT2D eigenvalue weighted by atomic mass is 79.9. The summed E-state index contributed by atoms with van der Waals surface area (Å²) < 4.78 is 32.6. The Hall–Kier alpha value is -1.73. The lowest BCUT2D eigenvalue weighted by atomic mass is 10.2. The summed E-state index contributed by atoms with van der Waals surface area (Å²) in [7, 11) is -2.21. The third-order valence-electron chi connectivity index (χ3n) is 2.61. The van der Waals surface area contributed by atoms with Crippen LogP contribution in [0.5, 0.6) is 5.75 Å². The minimum Gasteiger partial charge on any atom is -0.495 e. The van der Waals surface area contributed by atoms with Crippen LogP contribution in [0.15, 0.2) is 51.8 Å². The largest absolute Gasteiger partial charge is 0.495 e. The number of rotatable bonds is 4. The van der Waals surface area contributed by atoms with Gasteiger partial charge < -0.3 is 10.5 Å². The summed E-state index contributed by atoms with van der Waals surface area (Å²) in [6.07, 6.45) is 0. The smallest absolute Gasteiger partial charge is 0.263 e. The predicted molar refractivity (Wildman–Crippen MR) is 82.4 cm³/mol. The van der Waals surface area contributed by atoms with Gasteiger partial charge in [0.2, 0.25) is 0 Å². The Bertz CT molecular complexity index is 732. The van der Waals surface area contributed by atoms with Crippen molar-refractivity contribution >= 4 is 37.3 Å². The molecular formula is C13H13BrN2O3S. The van der Waals surface area contributed by atoms with Crippen molar-refractivity contribution in [3.05, 3.63) is 46.9 Å². The molecule has 0 aromatic heterocycles. The van der Waals surface area contributed by atoms with Crippen LogP contribution in [0.1, 0.15) is 0 Å². The minimum absolute atomic E-state index is 0.163. The highest BCUT2D eigenvalue weighted by molar-refractivity contribution is 9.10. The van der Waals surface area contributed by atoms with Gasteiger partial charge in [-0.1, -0.05) is 12.1 Å². The van der Waals surface area contributed by atoms with E-state index in [2.05, 4.69) is 20.7 Å². The van der Waals surface area contributed by atoms with Gasteiger partial charge in [0.15, 0.2) is 0 Å². The molecule has 0 aliphatic rings. The van der Waals surface area contributed by atoms with Crippen LogP contribution < -0.4 is 15.2 Å². The molecule has 0 fully saturated rings. The maximum absolute atomic E-state index is 12.3. The fraction of sp³-hybridized carbons (Fsp3) is 0.0769. The Morgan fingerprint density at radius 2 is 1.90 bits per heavy atom. The first kappa shape index (κ1) is 14.7. The quantitative estimate of drug-likeness (QED) is 0.825. The summed E-state index contributed by atoms with van der Waals surface area (Å²) in [5.74, 6) is 0.414. The van der Waals surface area contributed by atoms with Crippen molar-refractivity contribution in [1.82, 2.24) is 0 Å². The molecular weight excluding hydrogens is 344 g/mol. The number of hydrogen-bond donors (Lipinski definition) is 2. The Kier molecular flexibility index (Phi) is 4.20. The second kappa shape index (κ2) is 5.72. The molecule has 0 unspecified atom stereocenters. The molecule has 0 amide bonds. The van der Waals surface area contributed by atoms with E-state index >= 15 is 0 Å². The number of sulfonamides is 1. The fourth-order valence-corrected chi connectivity index (χ4v) is 3.70. The van der Waals surface area contributed by atoms with E-state index in [0.29, 0.717) is 21.6 Å². The zero-order chi connectivity index (χ0) is 14.8. The summed E-state index contributed by atoms with van der Waals surface area (Å²) in [4.78, 5) is 0.163. The van der Waals surface area contributed by atoms with E-state index in [1.807, 2.05) is 0 Å². The molecule has 106 valence electrons. The molecule has 2 rings (SSSR count). The summed E-state index contributed by atoms with van der Waals surface area (Å²) in [6, 6.07) is 11.3. The molecule has 0 aliphatic carbocycles. The normalized spacial score (nSPS) is 11.1. The molecule has 7 heteroatoms. The van der Waals surface area contributed by atoms with Gasteiger partial charge in [-0.2, -0.15) is 0 Å². The number of benzene rings is 2. The molecule has 0 saturated heterocycles. The van der Waals surface area contributed by atoms with Crippen molar-refractivity contribution in [2.75, 3.05) is 17.6 Å². The van der Waals surface area contributed by atoms with E-state index in [1.165, 1.54) is 19.2 Å². The van der Waals surface area contributed by atoms with Crippen LogP contribution in [0.3, 0.4) is 0 Å². The molecule has 0 heterocycles. The molecule has 2 aromatic rings. The maximum atomic E-state index is 12.3. The van der Waals surface area contributed by atoms with Crippen molar-refractivity contribution in [1.29, 1.82) is 0 Å². The number of anilines is 2. The summed E-state index contributed by atoms with van der Waals surface area (Å²) in [5.41, 5.74) is 6.51. The van der Waals surface area contributed by atoms with Gasteiger partial charge in [-0.15, -0.1) is 0 Å². The molecule has 0 bridgehead atoms. The topological polar surface area (TPSA) is 81.4 Å².